The summed E-state index contributed by atoms with van der Waals surface area (Å²) in [5, 5.41) is 4.29. The van der Waals surface area contributed by atoms with E-state index in [4.69, 9.17) is 16.3 Å². The number of nitrogens with one attached hydrogen (secondary N) is 1. The van der Waals surface area contributed by atoms with Crippen LogP contribution in [0.15, 0.2) is 40.9 Å². The predicted molar refractivity (Wildman–Crippen MR) is 118 cm³/mol. The van der Waals surface area contributed by atoms with Gasteiger partial charge in [-0.2, -0.15) is 0 Å². The molecular formula is C24H26BrClFNO. The highest BCUT2D eigenvalue weighted by molar-refractivity contribution is 9.10. The van der Waals surface area contributed by atoms with Gasteiger partial charge < -0.3 is 10.1 Å². The lowest BCUT2D eigenvalue weighted by Crippen LogP contribution is -2.54. The summed E-state index contributed by atoms with van der Waals surface area (Å²) in [7, 11) is 0. The molecular weight excluding hydrogens is 453 g/mol. The Labute approximate surface area is 185 Å². The van der Waals surface area contributed by atoms with E-state index in [1.807, 2.05) is 12.1 Å². The first-order valence-corrected chi connectivity index (χ1v) is 11.8. The van der Waals surface area contributed by atoms with Gasteiger partial charge in [-0.3, -0.25) is 0 Å². The average Bonchev–Trinajstić information content (AvgIpc) is 2.67. The Hall–Kier alpha value is -1.10. The van der Waals surface area contributed by atoms with Gasteiger partial charge in [0.1, 0.15) is 18.2 Å². The Bertz CT molecular complexity index is 876. The zero-order valence-electron chi connectivity index (χ0n) is 16.3. The van der Waals surface area contributed by atoms with Crippen LogP contribution < -0.4 is 10.1 Å². The van der Waals surface area contributed by atoms with Crippen molar-refractivity contribution >= 4 is 27.5 Å². The number of ether oxygens (including phenoxy) is 1. The standard InChI is InChI=1S/C24H26BrClFNO/c25-20-2-4-23(29-13-16-1-3-21(27)11-22(16)26)19(10-20)12-28-24-17-6-14-5-15(8-17)9-18(24)7-14/h1-4,10-11,14-15,17-18,24,28H,5-9,12-13H2. The van der Waals surface area contributed by atoms with Crippen LogP contribution in [0.25, 0.3) is 0 Å². The van der Waals surface area contributed by atoms with Gasteiger partial charge in [-0.05, 0) is 86.1 Å². The first-order chi connectivity index (χ1) is 14.0. The second-order valence-electron chi connectivity index (χ2n) is 9.11. The van der Waals surface area contributed by atoms with Crippen molar-refractivity contribution in [1.82, 2.24) is 5.32 Å². The van der Waals surface area contributed by atoms with Gasteiger partial charge in [-0.1, -0.05) is 33.6 Å². The van der Waals surface area contributed by atoms with Gasteiger partial charge in [-0.15, -0.1) is 0 Å². The Morgan fingerprint density at radius 1 is 0.966 bits per heavy atom. The van der Waals surface area contributed by atoms with Crippen LogP contribution in [0, 0.1) is 29.5 Å². The SMILES string of the molecule is Fc1ccc(COc2ccc(Br)cc2CNC2C3CC4CC(C3)CC2C4)c(Cl)c1. The van der Waals surface area contributed by atoms with Gasteiger partial charge in [0.05, 0.1) is 5.02 Å². The summed E-state index contributed by atoms with van der Waals surface area (Å²) in [5.41, 5.74) is 1.93. The highest BCUT2D eigenvalue weighted by atomic mass is 79.9. The van der Waals surface area contributed by atoms with E-state index < -0.39 is 0 Å². The van der Waals surface area contributed by atoms with Crippen LogP contribution in [0.2, 0.25) is 5.02 Å². The van der Waals surface area contributed by atoms with Crippen molar-refractivity contribution in [3.63, 3.8) is 0 Å². The van der Waals surface area contributed by atoms with E-state index >= 15 is 0 Å². The Morgan fingerprint density at radius 2 is 1.69 bits per heavy atom. The molecule has 0 amide bonds. The predicted octanol–water partition coefficient (Wildman–Crippen LogP) is 6.73. The Balaban J connectivity index is 1.27. The molecule has 1 N–H and O–H groups in total. The van der Waals surface area contributed by atoms with Crippen LogP contribution in [0.5, 0.6) is 5.75 Å². The number of halogens is 3. The number of benzene rings is 2. The molecule has 29 heavy (non-hydrogen) atoms. The van der Waals surface area contributed by atoms with Gasteiger partial charge in [0.15, 0.2) is 0 Å². The third-order valence-electron chi connectivity index (χ3n) is 7.18. The molecule has 2 aromatic carbocycles. The highest BCUT2D eigenvalue weighted by Crippen LogP contribution is 2.53. The number of rotatable bonds is 6. The highest BCUT2D eigenvalue weighted by Gasteiger charge is 2.47. The molecule has 0 spiro atoms. The summed E-state index contributed by atoms with van der Waals surface area (Å²) in [5.74, 6) is 4.19. The molecule has 0 atom stereocenters. The summed E-state index contributed by atoms with van der Waals surface area (Å²) >= 11 is 9.75. The first kappa shape index (κ1) is 19.8. The fraction of sp³-hybridized carbons (Fsp3) is 0.500. The molecule has 6 rings (SSSR count). The average molecular weight is 479 g/mol. The maximum atomic E-state index is 13.3. The third-order valence-corrected chi connectivity index (χ3v) is 8.02. The third kappa shape index (κ3) is 4.22. The lowest BCUT2D eigenvalue weighted by molar-refractivity contribution is -0.0143. The molecule has 4 fully saturated rings. The van der Waals surface area contributed by atoms with Crippen molar-refractivity contribution in [2.75, 3.05) is 0 Å². The smallest absolute Gasteiger partial charge is 0.124 e. The lowest BCUT2D eigenvalue weighted by atomic mass is 9.54. The van der Waals surface area contributed by atoms with Crippen molar-refractivity contribution in [3.05, 3.63) is 62.8 Å². The van der Waals surface area contributed by atoms with Crippen molar-refractivity contribution in [3.8, 4) is 5.75 Å². The van der Waals surface area contributed by atoms with Crippen LogP contribution in [0.4, 0.5) is 4.39 Å². The van der Waals surface area contributed by atoms with Crippen molar-refractivity contribution < 1.29 is 9.13 Å². The van der Waals surface area contributed by atoms with Crippen molar-refractivity contribution in [1.29, 1.82) is 0 Å². The molecule has 4 aliphatic rings. The van der Waals surface area contributed by atoms with Crippen LogP contribution in [0.1, 0.15) is 43.2 Å². The minimum atomic E-state index is -0.331. The molecule has 154 valence electrons. The molecule has 0 saturated heterocycles. The summed E-state index contributed by atoms with van der Waals surface area (Å²) in [6, 6.07) is 11.2. The second-order valence-corrected chi connectivity index (χ2v) is 10.4. The summed E-state index contributed by atoms with van der Waals surface area (Å²) in [4.78, 5) is 0. The fourth-order valence-electron chi connectivity index (χ4n) is 6.11. The topological polar surface area (TPSA) is 21.3 Å². The maximum absolute atomic E-state index is 13.3. The largest absolute Gasteiger partial charge is 0.489 e. The van der Waals surface area contributed by atoms with Crippen LogP contribution in [-0.2, 0) is 13.2 Å². The minimum absolute atomic E-state index is 0.325. The summed E-state index contributed by atoms with van der Waals surface area (Å²) < 4.78 is 20.4. The quantitative estimate of drug-likeness (QED) is 0.497. The first-order valence-electron chi connectivity index (χ1n) is 10.6. The van der Waals surface area contributed by atoms with Gasteiger partial charge >= 0.3 is 0 Å². The van der Waals surface area contributed by atoms with Gasteiger partial charge in [0.25, 0.3) is 0 Å². The fourth-order valence-corrected chi connectivity index (χ4v) is 6.74. The molecule has 4 bridgehead atoms. The van der Waals surface area contributed by atoms with Gasteiger partial charge in [-0.25, -0.2) is 4.39 Å². The number of hydrogen-bond acceptors (Lipinski definition) is 2. The van der Waals surface area contributed by atoms with E-state index in [0.29, 0.717) is 17.7 Å². The van der Waals surface area contributed by atoms with E-state index in [0.717, 1.165) is 51.6 Å². The van der Waals surface area contributed by atoms with E-state index in [1.165, 1.54) is 44.2 Å². The van der Waals surface area contributed by atoms with E-state index in [-0.39, 0.29) is 5.82 Å². The molecule has 4 aliphatic carbocycles. The molecule has 0 heterocycles. The van der Waals surface area contributed by atoms with E-state index in [9.17, 15) is 4.39 Å². The summed E-state index contributed by atoms with van der Waals surface area (Å²) in [6.45, 7) is 1.13. The molecule has 2 nitrogen and oxygen atoms in total. The van der Waals surface area contributed by atoms with Crippen LogP contribution >= 0.6 is 27.5 Å². The molecule has 5 heteroatoms. The molecule has 2 aromatic rings. The minimum Gasteiger partial charge on any atom is -0.489 e. The van der Waals surface area contributed by atoms with E-state index in [1.54, 1.807) is 6.07 Å². The molecule has 0 aliphatic heterocycles. The maximum Gasteiger partial charge on any atom is 0.124 e. The van der Waals surface area contributed by atoms with Crippen molar-refractivity contribution in [2.45, 2.75) is 51.3 Å². The Morgan fingerprint density at radius 3 is 2.38 bits per heavy atom. The van der Waals surface area contributed by atoms with E-state index in [2.05, 4.69) is 27.3 Å². The van der Waals surface area contributed by atoms with Crippen molar-refractivity contribution in [2.24, 2.45) is 23.7 Å². The summed E-state index contributed by atoms with van der Waals surface area (Å²) in [6.07, 6.45) is 7.13. The van der Waals surface area contributed by atoms with Gasteiger partial charge in [0, 0.05) is 28.2 Å². The normalized spacial score (nSPS) is 30.0. The lowest BCUT2D eigenvalue weighted by Gasteiger charge is -2.54. The monoisotopic (exact) mass is 477 g/mol. The molecule has 0 aromatic heterocycles. The second kappa shape index (κ2) is 8.20. The van der Waals surface area contributed by atoms with Gasteiger partial charge in [0.2, 0.25) is 0 Å². The van der Waals surface area contributed by atoms with Crippen LogP contribution in [-0.4, -0.2) is 6.04 Å². The molecule has 0 unspecified atom stereocenters. The Kier molecular flexibility index (Phi) is 5.61. The number of hydrogen-bond donors (Lipinski definition) is 1. The zero-order valence-corrected chi connectivity index (χ0v) is 18.7. The molecule has 4 saturated carbocycles. The zero-order chi connectivity index (χ0) is 20.0. The van der Waals surface area contributed by atoms with Crippen LogP contribution in [0.3, 0.4) is 0 Å². The molecule has 0 radical (unpaired) electrons.